The molecule has 1 aromatic heterocycles. The average Bonchev–Trinajstić information content (AvgIpc) is 3.12. The highest BCUT2D eigenvalue weighted by Gasteiger charge is 2.32. The van der Waals surface area contributed by atoms with Gasteiger partial charge in [-0.15, -0.1) is 5.10 Å². The van der Waals surface area contributed by atoms with Gasteiger partial charge in [-0.25, -0.2) is 9.18 Å². The molecular formula is C27H45FN2O6. The third-order valence-corrected chi connectivity index (χ3v) is 5.15. The molecule has 0 spiro atoms. The van der Waals surface area contributed by atoms with Gasteiger partial charge in [0, 0.05) is 36.6 Å². The summed E-state index contributed by atoms with van der Waals surface area (Å²) in [5.41, 5.74) is 2.71. The highest BCUT2D eigenvalue weighted by Crippen LogP contribution is 2.27. The fraction of sp³-hybridized carbons (Fsp3) is 0.630. The topological polar surface area (TPSA) is 92.0 Å². The molecule has 0 aromatic carbocycles. The molecule has 0 aliphatic carbocycles. The summed E-state index contributed by atoms with van der Waals surface area (Å²) in [6.07, 6.45) is 3.74. The fourth-order valence-corrected chi connectivity index (χ4v) is 3.14. The Kier molecular flexibility index (Phi) is 16.4. The van der Waals surface area contributed by atoms with E-state index in [0.29, 0.717) is 25.1 Å². The van der Waals surface area contributed by atoms with Gasteiger partial charge >= 0.3 is 6.16 Å². The first-order chi connectivity index (χ1) is 17.0. The van der Waals surface area contributed by atoms with Gasteiger partial charge in [0.2, 0.25) is 12.2 Å². The second-order valence-corrected chi connectivity index (χ2v) is 8.52. The molecule has 0 bridgehead atoms. The number of halogens is 1. The third-order valence-electron chi connectivity index (χ3n) is 5.15. The Morgan fingerprint density at radius 1 is 1.31 bits per heavy atom. The van der Waals surface area contributed by atoms with Crippen LogP contribution in [-0.2, 0) is 14.2 Å². The maximum Gasteiger partial charge on any atom is 0.508 e. The number of aliphatic hydroxyl groups is 1. The van der Waals surface area contributed by atoms with Crippen LogP contribution in [0.3, 0.4) is 0 Å². The quantitative estimate of drug-likeness (QED) is 0.313. The number of hydrogen-bond acceptors (Lipinski definition) is 7. The molecule has 3 unspecified atom stereocenters. The second-order valence-electron chi connectivity index (χ2n) is 8.52. The van der Waals surface area contributed by atoms with Crippen molar-refractivity contribution in [3.8, 4) is 5.88 Å². The van der Waals surface area contributed by atoms with Crippen molar-refractivity contribution in [2.24, 2.45) is 0 Å². The maximum absolute atomic E-state index is 12.6. The summed E-state index contributed by atoms with van der Waals surface area (Å²) in [5.74, 6) is 0.436. The zero-order valence-corrected chi connectivity index (χ0v) is 23.3. The molecule has 0 amide bonds. The molecule has 0 saturated carbocycles. The van der Waals surface area contributed by atoms with E-state index in [1.165, 1.54) is 7.11 Å². The van der Waals surface area contributed by atoms with Gasteiger partial charge < -0.3 is 24.1 Å². The van der Waals surface area contributed by atoms with Gasteiger partial charge in [-0.2, -0.15) is 0 Å². The number of nitrogens with zero attached hydrogens (tertiary/aromatic N) is 2. The summed E-state index contributed by atoms with van der Waals surface area (Å²) in [5, 5.41) is 14.5. The first kappa shape index (κ1) is 33.4. The van der Waals surface area contributed by atoms with E-state index in [2.05, 4.69) is 16.4 Å². The smallest absolute Gasteiger partial charge is 0.446 e. The van der Waals surface area contributed by atoms with E-state index >= 15 is 0 Å². The molecule has 1 aliphatic heterocycles. The van der Waals surface area contributed by atoms with Crippen molar-refractivity contribution in [2.75, 3.05) is 13.7 Å². The average molecular weight is 513 g/mol. The molecule has 1 aromatic rings. The van der Waals surface area contributed by atoms with E-state index in [4.69, 9.17) is 14.2 Å². The summed E-state index contributed by atoms with van der Waals surface area (Å²) in [6.45, 7) is 19.0. The lowest BCUT2D eigenvalue weighted by atomic mass is 10.1. The van der Waals surface area contributed by atoms with Crippen molar-refractivity contribution >= 4 is 6.16 Å². The molecular weight excluding hydrogens is 467 g/mol. The fourth-order valence-electron chi connectivity index (χ4n) is 3.14. The summed E-state index contributed by atoms with van der Waals surface area (Å²) < 4.78 is 35.4. The van der Waals surface area contributed by atoms with Gasteiger partial charge in [-0.1, -0.05) is 38.7 Å². The third kappa shape index (κ3) is 11.9. The zero-order chi connectivity index (χ0) is 27.8. The van der Waals surface area contributed by atoms with Crippen LogP contribution in [0.25, 0.3) is 0 Å². The number of carbonyl (C=O) groups excluding carboxylic acids is 1. The molecule has 8 nitrogen and oxygen atoms in total. The zero-order valence-electron chi connectivity index (χ0n) is 23.3. The molecule has 3 atom stereocenters. The molecule has 1 saturated heterocycles. The predicted molar refractivity (Wildman–Crippen MR) is 140 cm³/mol. The number of ether oxygens (including phenoxy) is 4. The van der Waals surface area contributed by atoms with Crippen LogP contribution in [0.5, 0.6) is 5.88 Å². The lowest BCUT2D eigenvalue weighted by Crippen LogP contribution is -2.41. The van der Waals surface area contributed by atoms with Crippen molar-refractivity contribution < 1.29 is 33.2 Å². The summed E-state index contributed by atoms with van der Waals surface area (Å²) in [6, 6.07) is 0.222. The van der Waals surface area contributed by atoms with Crippen molar-refractivity contribution in [3.63, 3.8) is 0 Å². The first-order valence-electron chi connectivity index (χ1n) is 12.4. The van der Waals surface area contributed by atoms with Crippen molar-refractivity contribution in [3.05, 3.63) is 47.5 Å². The van der Waals surface area contributed by atoms with Crippen LogP contribution < -0.4 is 4.74 Å². The molecule has 9 heteroatoms. The Balaban J connectivity index is 0.000000861. The van der Waals surface area contributed by atoms with Crippen LogP contribution in [0.4, 0.5) is 9.18 Å². The van der Waals surface area contributed by atoms with E-state index in [0.717, 1.165) is 16.8 Å². The van der Waals surface area contributed by atoms with Gasteiger partial charge in [-0.3, -0.25) is 4.68 Å². The standard InChI is InChI=1S/C16H26N2O6.C9H13F.C2H6/c1-9(2)18-11(4)10(3)15(17-18)24-14-7-12(19)6-13(23-14)8-22-16(20)21-5;1-4-5-6-7-9(10)8(2)3;1-2/h9,12-14,19H,6-8H2,1-5H3;4-6H,1,7H2,2-3H3;1-2H3/b;6-5-;. The molecule has 1 aliphatic rings. The minimum Gasteiger partial charge on any atom is -0.446 e. The Bertz CT molecular complexity index is 859. The number of rotatable bonds is 8. The monoisotopic (exact) mass is 512 g/mol. The van der Waals surface area contributed by atoms with E-state index in [1.807, 2.05) is 46.2 Å². The second kappa shape index (κ2) is 17.7. The molecule has 1 fully saturated rings. The predicted octanol–water partition coefficient (Wildman–Crippen LogP) is 6.52. The number of methoxy groups -OCH3 is 1. The highest BCUT2D eigenvalue weighted by atomic mass is 19.1. The number of carbonyl (C=O) groups is 1. The number of allylic oxidation sites excluding steroid dienone is 5. The number of hydrogen-bond donors (Lipinski definition) is 1. The SMILES string of the molecule is C=C/C=C\CC(F)=C(C)C.CC.COC(=O)OCC1CC(O)CC(Oc2nn(C(C)C)c(C)c2C)O1. The Morgan fingerprint density at radius 2 is 1.94 bits per heavy atom. The number of aliphatic hydroxyl groups excluding tert-OH is 1. The largest absolute Gasteiger partial charge is 0.508 e. The summed E-state index contributed by atoms with van der Waals surface area (Å²) in [7, 11) is 1.24. The van der Waals surface area contributed by atoms with Crippen molar-refractivity contribution in [2.45, 2.75) is 99.2 Å². The van der Waals surface area contributed by atoms with Gasteiger partial charge in [0.15, 0.2) is 0 Å². The van der Waals surface area contributed by atoms with E-state index in [1.54, 1.807) is 32.1 Å². The molecule has 1 N–H and O–H groups in total. The van der Waals surface area contributed by atoms with E-state index < -0.39 is 24.7 Å². The van der Waals surface area contributed by atoms with Gasteiger partial charge in [0.1, 0.15) is 12.4 Å². The van der Waals surface area contributed by atoms with Gasteiger partial charge in [0.05, 0.1) is 19.3 Å². The van der Waals surface area contributed by atoms with Crippen LogP contribution in [0.2, 0.25) is 0 Å². The number of aromatic nitrogens is 2. The summed E-state index contributed by atoms with van der Waals surface area (Å²) in [4.78, 5) is 11.1. The Hall–Kier alpha value is -2.65. The first-order valence-corrected chi connectivity index (χ1v) is 12.4. The minimum atomic E-state index is -0.779. The molecule has 2 heterocycles. The Labute approximate surface area is 215 Å². The normalized spacial score (nSPS) is 18.9. The minimum absolute atomic E-state index is 0.00202. The maximum atomic E-state index is 12.6. The Morgan fingerprint density at radius 3 is 2.44 bits per heavy atom. The lowest BCUT2D eigenvalue weighted by molar-refractivity contribution is -0.187. The van der Waals surface area contributed by atoms with Crippen LogP contribution in [-0.4, -0.2) is 53.3 Å². The highest BCUT2D eigenvalue weighted by molar-refractivity contribution is 5.59. The van der Waals surface area contributed by atoms with Crippen LogP contribution in [0.1, 0.15) is 78.1 Å². The molecule has 206 valence electrons. The lowest BCUT2D eigenvalue weighted by Gasteiger charge is -2.32. The molecule has 0 radical (unpaired) electrons. The van der Waals surface area contributed by atoms with Gasteiger partial charge in [-0.05, 0) is 47.1 Å². The van der Waals surface area contributed by atoms with Crippen LogP contribution in [0, 0.1) is 13.8 Å². The molecule has 36 heavy (non-hydrogen) atoms. The molecule has 2 rings (SSSR count). The van der Waals surface area contributed by atoms with Crippen LogP contribution >= 0.6 is 0 Å². The summed E-state index contributed by atoms with van der Waals surface area (Å²) >= 11 is 0. The van der Waals surface area contributed by atoms with E-state index in [9.17, 15) is 14.3 Å². The van der Waals surface area contributed by atoms with Crippen LogP contribution in [0.15, 0.2) is 36.2 Å². The van der Waals surface area contributed by atoms with Crippen molar-refractivity contribution in [1.82, 2.24) is 9.78 Å². The van der Waals surface area contributed by atoms with Crippen molar-refractivity contribution in [1.29, 1.82) is 0 Å². The van der Waals surface area contributed by atoms with Gasteiger partial charge in [0.25, 0.3) is 0 Å². The van der Waals surface area contributed by atoms with E-state index in [-0.39, 0.29) is 18.5 Å².